The molecule has 1 saturated heterocycles. The summed E-state index contributed by atoms with van der Waals surface area (Å²) in [5.41, 5.74) is 2.11. The molecule has 228 valence electrons. The molecule has 3 heterocycles. The SMILES string of the molecule is C[Si](C)(C)OC[C@H]1O[C@@H](n2c(OCc3ccccc3)nc3c(NC(=O)c4ccccc4)ncnc32)[C@H](O[Si](C)(C)C)[C@@H]1O. The molecule has 1 fully saturated rings. The maximum Gasteiger partial charge on any atom is 0.301 e. The summed E-state index contributed by atoms with van der Waals surface area (Å²) in [5, 5.41) is 14.4. The second-order valence-electron chi connectivity index (χ2n) is 12.4. The zero-order valence-corrected chi connectivity index (χ0v) is 27.4. The van der Waals surface area contributed by atoms with Crippen LogP contribution in [0.3, 0.4) is 0 Å². The van der Waals surface area contributed by atoms with Crippen LogP contribution in [0.5, 0.6) is 6.01 Å². The molecule has 2 N–H and O–H groups in total. The normalized spacial score (nSPS) is 20.8. The molecule has 0 unspecified atom stereocenters. The van der Waals surface area contributed by atoms with E-state index in [0.717, 1.165) is 5.56 Å². The molecule has 4 aromatic rings. The van der Waals surface area contributed by atoms with Crippen molar-refractivity contribution in [3.8, 4) is 6.01 Å². The molecule has 0 saturated carbocycles. The zero-order valence-electron chi connectivity index (χ0n) is 25.4. The molecule has 0 bridgehead atoms. The van der Waals surface area contributed by atoms with Crippen LogP contribution >= 0.6 is 0 Å². The minimum absolute atomic E-state index is 0.197. The average molecular weight is 622 g/mol. The van der Waals surface area contributed by atoms with Gasteiger partial charge in [-0.05, 0) is 57.0 Å². The van der Waals surface area contributed by atoms with E-state index in [9.17, 15) is 9.90 Å². The van der Waals surface area contributed by atoms with Gasteiger partial charge in [0.05, 0.1) is 6.61 Å². The first-order valence-electron chi connectivity index (χ1n) is 14.3. The number of imidazole rings is 1. The van der Waals surface area contributed by atoms with Crippen LogP contribution in [-0.2, 0) is 20.2 Å². The first-order chi connectivity index (χ1) is 20.4. The second-order valence-corrected chi connectivity index (χ2v) is 21.4. The number of carbonyl (C=O) groups excluding carboxylic acids is 1. The van der Waals surface area contributed by atoms with Gasteiger partial charge in [-0.25, -0.2) is 14.5 Å². The highest BCUT2D eigenvalue weighted by Crippen LogP contribution is 2.39. The lowest BCUT2D eigenvalue weighted by molar-refractivity contribution is -0.0498. The van der Waals surface area contributed by atoms with Gasteiger partial charge in [0, 0.05) is 5.56 Å². The fourth-order valence-corrected chi connectivity index (χ4v) is 6.47. The van der Waals surface area contributed by atoms with Gasteiger partial charge in [0.2, 0.25) is 0 Å². The largest absolute Gasteiger partial charge is 0.460 e. The number of nitrogens with zero attached hydrogens (tertiary/aromatic N) is 4. The van der Waals surface area contributed by atoms with Crippen molar-refractivity contribution in [1.82, 2.24) is 19.5 Å². The summed E-state index contributed by atoms with van der Waals surface area (Å²) < 4.78 is 27.1. The third-order valence-electron chi connectivity index (χ3n) is 6.66. The fraction of sp³-hybridized carbons (Fsp3) is 0.400. The second kappa shape index (κ2) is 12.6. The standard InChI is InChI=1S/C30H39N5O6Si2/c1-42(2,3)39-18-22-24(36)25(41-43(4,5)6)29(40-22)35-27-23(33-30(35)38-17-20-13-9-7-10-14-20)26(31-19-32-27)34-28(37)21-15-11-8-12-16-21/h7-16,19,22,24-25,29,36H,17-18H2,1-6H3,(H,31,32,34,37)/t22-,24-,25-,29-/m1/s1. The number of carbonyl (C=O) groups is 1. The van der Waals surface area contributed by atoms with Crippen molar-refractivity contribution >= 4 is 39.5 Å². The Labute approximate surface area is 253 Å². The van der Waals surface area contributed by atoms with Crippen molar-refractivity contribution in [3.63, 3.8) is 0 Å². The molecule has 1 amide bonds. The minimum Gasteiger partial charge on any atom is -0.460 e. The summed E-state index contributed by atoms with van der Waals surface area (Å²) in [5.74, 6) is -0.111. The van der Waals surface area contributed by atoms with Gasteiger partial charge in [0.25, 0.3) is 5.91 Å². The van der Waals surface area contributed by atoms with Crippen LogP contribution in [0.15, 0.2) is 67.0 Å². The van der Waals surface area contributed by atoms with E-state index in [1.165, 1.54) is 6.33 Å². The zero-order chi connectivity index (χ0) is 30.8. The Morgan fingerprint density at radius 2 is 1.65 bits per heavy atom. The van der Waals surface area contributed by atoms with E-state index < -0.39 is 41.2 Å². The Balaban J connectivity index is 1.57. The number of fused-ring (bicyclic) bond motifs is 1. The Morgan fingerprint density at radius 1 is 0.977 bits per heavy atom. The molecule has 0 spiro atoms. The van der Waals surface area contributed by atoms with Gasteiger partial charge >= 0.3 is 6.01 Å². The number of aromatic nitrogens is 4. The Hall–Kier alpha value is -3.47. The molecule has 0 aliphatic carbocycles. The van der Waals surface area contributed by atoms with Gasteiger partial charge < -0.3 is 28.7 Å². The van der Waals surface area contributed by atoms with Gasteiger partial charge in [-0.15, -0.1) is 0 Å². The van der Waals surface area contributed by atoms with Gasteiger partial charge in [-0.3, -0.25) is 4.79 Å². The first kappa shape index (κ1) is 31.0. The van der Waals surface area contributed by atoms with E-state index in [1.807, 2.05) is 36.4 Å². The Bertz CT molecular complexity index is 1540. The molecule has 11 nitrogen and oxygen atoms in total. The molecule has 1 aliphatic heterocycles. The minimum atomic E-state index is -2.17. The first-order valence-corrected chi connectivity index (χ1v) is 21.1. The summed E-state index contributed by atoms with van der Waals surface area (Å²) in [6.07, 6.45) is -1.83. The van der Waals surface area contributed by atoms with Gasteiger partial charge in [0.1, 0.15) is 31.2 Å². The number of ether oxygens (including phenoxy) is 2. The van der Waals surface area contributed by atoms with Crippen molar-refractivity contribution in [2.24, 2.45) is 0 Å². The molecule has 2 aromatic heterocycles. The molecular weight excluding hydrogens is 583 g/mol. The highest BCUT2D eigenvalue weighted by atomic mass is 28.4. The van der Waals surface area contributed by atoms with Crippen LogP contribution in [0.1, 0.15) is 22.1 Å². The predicted molar refractivity (Wildman–Crippen MR) is 168 cm³/mol. The van der Waals surface area contributed by atoms with E-state index in [0.29, 0.717) is 16.7 Å². The number of rotatable bonds is 11. The fourth-order valence-electron chi connectivity index (χ4n) is 4.73. The van der Waals surface area contributed by atoms with Crippen LogP contribution < -0.4 is 10.1 Å². The summed E-state index contributed by atoms with van der Waals surface area (Å²) in [4.78, 5) is 26.7. The van der Waals surface area contributed by atoms with Crippen LogP contribution in [0.2, 0.25) is 39.3 Å². The Morgan fingerprint density at radius 3 is 2.30 bits per heavy atom. The molecular formula is C30H39N5O6Si2. The molecule has 0 radical (unpaired) electrons. The number of hydrogen-bond acceptors (Lipinski definition) is 9. The van der Waals surface area contributed by atoms with Gasteiger partial charge in [-0.2, -0.15) is 4.98 Å². The van der Waals surface area contributed by atoms with E-state index in [1.54, 1.807) is 28.8 Å². The molecule has 13 heteroatoms. The lowest BCUT2D eigenvalue weighted by Gasteiger charge is -2.29. The van der Waals surface area contributed by atoms with Crippen molar-refractivity contribution < 1.29 is 28.2 Å². The van der Waals surface area contributed by atoms with Gasteiger partial charge in [0.15, 0.2) is 39.8 Å². The number of aliphatic hydroxyl groups excluding tert-OH is 1. The third-order valence-corrected chi connectivity index (χ3v) is 8.67. The number of nitrogens with one attached hydrogen (secondary N) is 1. The van der Waals surface area contributed by atoms with E-state index in [4.69, 9.17) is 23.3 Å². The van der Waals surface area contributed by atoms with Crippen LogP contribution in [0.4, 0.5) is 5.82 Å². The van der Waals surface area contributed by atoms with Crippen molar-refractivity contribution in [1.29, 1.82) is 0 Å². The van der Waals surface area contributed by atoms with Crippen LogP contribution in [0, 0.1) is 0 Å². The highest BCUT2D eigenvalue weighted by molar-refractivity contribution is 6.70. The maximum atomic E-state index is 13.0. The number of hydrogen-bond donors (Lipinski definition) is 2. The smallest absolute Gasteiger partial charge is 0.301 e. The summed E-state index contributed by atoms with van der Waals surface area (Å²) in [7, 11) is -4.07. The van der Waals surface area contributed by atoms with Crippen LogP contribution in [-0.4, -0.2) is 72.1 Å². The van der Waals surface area contributed by atoms with E-state index in [-0.39, 0.29) is 30.9 Å². The van der Waals surface area contributed by atoms with E-state index in [2.05, 4.69) is 54.6 Å². The number of aliphatic hydroxyl groups is 1. The average Bonchev–Trinajstić information content (AvgIpc) is 3.48. The topological polar surface area (TPSA) is 130 Å². The van der Waals surface area contributed by atoms with Crippen molar-refractivity contribution in [2.75, 3.05) is 11.9 Å². The monoisotopic (exact) mass is 621 g/mol. The maximum absolute atomic E-state index is 13.0. The number of amides is 1. The molecule has 4 atom stereocenters. The Kier molecular flexibility index (Phi) is 9.11. The lowest BCUT2D eigenvalue weighted by Crippen LogP contribution is -2.43. The van der Waals surface area contributed by atoms with Crippen LogP contribution in [0.25, 0.3) is 11.2 Å². The summed E-state index contributed by atoms with van der Waals surface area (Å²) >= 11 is 0. The quantitative estimate of drug-likeness (QED) is 0.223. The molecule has 5 rings (SSSR count). The molecule has 2 aromatic carbocycles. The van der Waals surface area contributed by atoms with E-state index >= 15 is 0 Å². The highest BCUT2D eigenvalue weighted by Gasteiger charge is 2.49. The summed E-state index contributed by atoms with van der Waals surface area (Å²) in [6.45, 7) is 12.9. The summed E-state index contributed by atoms with van der Waals surface area (Å²) in [6, 6.07) is 18.8. The predicted octanol–water partition coefficient (Wildman–Crippen LogP) is 4.99. The van der Waals surface area contributed by atoms with Gasteiger partial charge in [-0.1, -0.05) is 48.5 Å². The van der Waals surface area contributed by atoms with Crippen molar-refractivity contribution in [2.45, 2.75) is 70.4 Å². The number of anilines is 1. The third kappa shape index (κ3) is 7.55. The molecule has 43 heavy (non-hydrogen) atoms. The lowest BCUT2D eigenvalue weighted by atomic mass is 10.1. The molecule has 1 aliphatic rings. The number of benzene rings is 2. The van der Waals surface area contributed by atoms with Crippen molar-refractivity contribution in [3.05, 3.63) is 78.1 Å².